The highest BCUT2D eigenvalue weighted by Crippen LogP contribution is 2.29. The highest BCUT2D eigenvalue weighted by molar-refractivity contribution is 5.67. The predicted octanol–water partition coefficient (Wildman–Crippen LogP) is 1.96. The molecule has 0 aliphatic carbocycles. The van der Waals surface area contributed by atoms with Gasteiger partial charge in [-0.15, -0.1) is 0 Å². The second-order valence-electron chi connectivity index (χ2n) is 6.29. The number of aliphatic hydroxyl groups is 2. The molecule has 3 N–H and O–H groups in total. The van der Waals surface area contributed by atoms with Crippen molar-refractivity contribution in [2.24, 2.45) is 0 Å². The third kappa shape index (κ3) is 5.43. The predicted molar refractivity (Wildman–Crippen MR) is 83.0 cm³/mol. The lowest BCUT2D eigenvalue weighted by molar-refractivity contribution is -0.385. The molecule has 0 aromatic heterocycles. The normalized spacial score (nSPS) is 14.0. The molecule has 1 aromatic rings. The number of halogens is 1. The first-order chi connectivity index (χ1) is 10.9. The Morgan fingerprint density at radius 1 is 1.42 bits per heavy atom. The van der Waals surface area contributed by atoms with E-state index in [1.54, 1.807) is 20.8 Å². The van der Waals surface area contributed by atoms with Crippen molar-refractivity contribution in [3.8, 4) is 0 Å². The Labute approximate surface area is 138 Å². The molecule has 0 radical (unpaired) electrons. The van der Waals surface area contributed by atoms with Crippen LogP contribution >= 0.6 is 0 Å². The van der Waals surface area contributed by atoms with Gasteiger partial charge in [0.2, 0.25) is 0 Å². The molecule has 0 spiro atoms. The monoisotopic (exact) mass is 344 g/mol. The molecule has 8 nitrogen and oxygen atoms in total. The maximum absolute atomic E-state index is 13.5. The average Bonchev–Trinajstić information content (AvgIpc) is 2.44. The van der Waals surface area contributed by atoms with Gasteiger partial charge in [0.1, 0.15) is 23.6 Å². The van der Waals surface area contributed by atoms with E-state index >= 15 is 0 Å². The summed E-state index contributed by atoms with van der Waals surface area (Å²) in [6.45, 7) is 5.94. The molecule has 1 aromatic carbocycles. The first-order valence-electron chi connectivity index (χ1n) is 7.20. The molecular weight excluding hydrogens is 323 g/mol. The van der Waals surface area contributed by atoms with Crippen molar-refractivity contribution < 1.29 is 29.1 Å². The summed E-state index contributed by atoms with van der Waals surface area (Å²) in [5, 5.41) is 33.2. The first kappa shape index (κ1) is 19.8. The zero-order valence-corrected chi connectivity index (χ0v) is 13.9. The largest absolute Gasteiger partial charge is 0.444 e. The third-order valence-electron chi connectivity index (χ3n) is 3.12. The standard InChI is InChI=1S/C15H21FN2O6/c1-8-10(5-9(16)6-11(8)18(22)23)13(20)12(19)7-17-14(21)24-15(2,3)4/h5-6,12-13,19-20H,7H2,1-4H3,(H,17,21). The number of rotatable bonds is 5. The molecule has 0 bridgehead atoms. The smallest absolute Gasteiger partial charge is 0.407 e. The average molecular weight is 344 g/mol. The lowest BCUT2D eigenvalue weighted by atomic mass is 9.98. The second-order valence-corrected chi connectivity index (χ2v) is 6.29. The van der Waals surface area contributed by atoms with Gasteiger partial charge in [-0.3, -0.25) is 10.1 Å². The Balaban J connectivity index is 2.85. The number of benzene rings is 1. The summed E-state index contributed by atoms with van der Waals surface area (Å²) in [4.78, 5) is 21.6. The molecule has 1 rings (SSSR count). The van der Waals surface area contributed by atoms with E-state index in [-0.39, 0.29) is 17.7 Å². The molecule has 2 atom stereocenters. The summed E-state index contributed by atoms with van der Waals surface area (Å²) in [5.74, 6) is -0.909. The zero-order valence-electron chi connectivity index (χ0n) is 13.9. The summed E-state index contributed by atoms with van der Waals surface area (Å²) in [7, 11) is 0. The maximum Gasteiger partial charge on any atom is 0.407 e. The van der Waals surface area contributed by atoms with Crippen LogP contribution < -0.4 is 5.32 Å². The van der Waals surface area contributed by atoms with Crippen molar-refractivity contribution in [3.63, 3.8) is 0 Å². The number of aliphatic hydroxyl groups excluding tert-OH is 2. The van der Waals surface area contributed by atoms with Crippen molar-refractivity contribution in [1.82, 2.24) is 5.32 Å². The minimum atomic E-state index is -1.62. The number of hydrogen-bond acceptors (Lipinski definition) is 6. The van der Waals surface area contributed by atoms with Gasteiger partial charge in [-0.2, -0.15) is 0 Å². The van der Waals surface area contributed by atoms with Gasteiger partial charge in [0.05, 0.1) is 11.0 Å². The zero-order chi connectivity index (χ0) is 18.7. The lowest BCUT2D eigenvalue weighted by Gasteiger charge is -2.23. The number of nitro groups is 1. The molecule has 0 saturated carbocycles. The van der Waals surface area contributed by atoms with E-state index in [1.165, 1.54) is 6.92 Å². The fourth-order valence-electron chi connectivity index (χ4n) is 2.00. The number of hydrogen-bond donors (Lipinski definition) is 3. The van der Waals surface area contributed by atoms with Crippen molar-refractivity contribution >= 4 is 11.8 Å². The minimum Gasteiger partial charge on any atom is -0.444 e. The van der Waals surface area contributed by atoms with Gasteiger partial charge >= 0.3 is 6.09 Å². The molecule has 0 saturated heterocycles. The number of ether oxygens (including phenoxy) is 1. The highest BCUT2D eigenvalue weighted by atomic mass is 19.1. The molecule has 0 aliphatic heterocycles. The Hall–Kier alpha value is -2.26. The number of amides is 1. The van der Waals surface area contributed by atoms with Gasteiger partial charge < -0.3 is 20.3 Å². The Morgan fingerprint density at radius 3 is 2.50 bits per heavy atom. The van der Waals surface area contributed by atoms with Crippen molar-refractivity contribution in [2.45, 2.75) is 45.5 Å². The van der Waals surface area contributed by atoms with Crippen molar-refractivity contribution in [1.29, 1.82) is 0 Å². The van der Waals surface area contributed by atoms with Gasteiger partial charge in [0.15, 0.2) is 0 Å². The van der Waals surface area contributed by atoms with E-state index in [1.807, 2.05) is 0 Å². The van der Waals surface area contributed by atoms with Crippen LogP contribution in [0.2, 0.25) is 0 Å². The molecule has 134 valence electrons. The number of carbonyl (C=O) groups excluding carboxylic acids is 1. The SMILES string of the molecule is Cc1c(C(O)C(O)CNC(=O)OC(C)(C)C)cc(F)cc1[N+](=O)[O-]. The molecular formula is C15H21FN2O6. The van der Waals surface area contributed by atoms with E-state index < -0.39 is 40.3 Å². The number of nitro benzene ring substituents is 1. The van der Waals surface area contributed by atoms with Gasteiger partial charge in [-0.05, 0) is 39.3 Å². The van der Waals surface area contributed by atoms with Crippen LogP contribution in [0.25, 0.3) is 0 Å². The molecule has 0 aliphatic rings. The van der Waals surface area contributed by atoms with E-state index in [4.69, 9.17) is 4.74 Å². The molecule has 24 heavy (non-hydrogen) atoms. The van der Waals surface area contributed by atoms with Crippen LogP contribution in [-0.2, 0) is 4.74 Å². The number of nitrogens with zero attached hydrogens (tertiary/aromatic N) is 1. The van der Waals surface area contributed by atoms with E-state index in [2.05, 4.69) is 5.32 Å². The van der Waals surface area contributed by atoms with Crippen LogP contribution in [0.4, 0.5) is 14.9 Å². The first-order valence-corrected chi connectivity index (χ1v) is 7.20. The second kappa shape index (κ2) is 7.54. The maximum atomic E-state index is 13.5. The number of nitrogens with one attached hydrogen (secondary N) is 1. The van der Waals surface area contributed by atoms with Gasteiger partial charge in [-0.1, -0.05) is 0 Å². The van der Waals surface area contributed by atoms with E-state index in [9.17, 15) is 29.5 Å². The van der Waals surface area contributed by atoms with Gasteiger partial charge in [0, 0.05) is 12.1 Å². The summed E-state index contributed by atoms with van der Waals surface area (Å²) in [5.41, 5.74) is -1.32. The molecule has 2 unspecified atom stereocenters. The van der Waals surface area contributed by atoms with E-state index in [0.29, 0.717) is 0 Å². The molecule has 0 heterocycles. The lowest BCUT2D eigenvalue weighted by Crippen LogP contribution is -2.39. The molecule has 1 amide bonds. The topological polar surface area (TPSA) is 122 Å². The Morgan fingerprint density at radius 2 is 2.00 bits per heavy atom. The molecule has 0 fully saturated rings. The van der Waals surface area contributed by atoms with Crippen LogP contribution in [-0.4, -0.2) is 39.5 Å². The molecule has 9 heteroatoms. The van der Waals surface area contributed by atoms with E-state index in [0.717, 1.165) is 12.1 Å². The summed E-state index contributed by atoms with van der Waals surface area (Å²) in [6, 6.07) is 1.64. The van der Waals surface area contributed by atoms with Crippen LogP contribution in [0.5, 0.6) is 0 Å². The fourth-order valence-corrected chi connectivity index (χ4v) is 2.00. The summed E-state index contributed by atoms with van der Waals surface area (Å²) >= 11 is 0. The minimum absolute atomic E-state index is 0.0326. The van der Waals surface area contributed by atoms with Crippen LogP contribution in [0.3, 0.4) is 0 Å². The van der Waals surface area contributed by atoms with Crippen molar-refractivity contribution in [2.75, 3.05) is 6.54 Å². The van der Waals surface area contributed by atoms with Crippen LogP contribution in [0, 0.1) is 22.9 Å². The van der Waals surface area contributed by atoms with Crippen molar-refractivity contribution in [3.05, 3.63) is 39.2 Å². The van der Waals surface area contributed by atoms with Crippen LogP contribution in [0.1, 0.15) is 38.0 Å². The fraction of sp³-hybridized carbons (Fsp3) is 0.533. The Bertz CT molecular complexity index is 629. The highest BCUT2D eigenvalue weighted by Gasteiger charge is 2.26. The summed E-state index contributed by atoms with van der Waals surface area (Å²) < 4.78 is 18.5. The van der Waals surface area contributed by atoms with Gasteiger partial charge in [0.25, 0.3) is 5.69 Å². The van der Waals surface area contributed by atoms with Crippen LogP contribution in [0.15, 0.2) is 12.1 Å². The van der Waals surface area contributed by atoms with Gasteiger partial charge in [-0.25, -0.2) is 9.18 Å². The summed E-state index contributed by atoms with van der Waals surface area (Å²) in [6.07, 6.45) is -3.91. The third-order valence-corrected chi connectivity index (χ3v) is 3.12. The Kier molecular flexibility index (Phi) is 6.22. The quantitative estimate of drug-likeness (QED) is 0.554. The number of alkyl carbamates (subject to hydrolysis) is 1. The number of carbonyl (C=O) groups is 1.